The molecule has 3 aliphatic rings. The van der Waals surface area contributed by atoms with E-state index in [0.29, 0.717) is 0 Å². The van der Waals surface area contributed by atoms with E-state index in [-0.39, 0.29) is 0 Å². The Bertz CT molecular complexity index is 266. The van der Waals surface area contributed by atoms with Crippen LogP contribution in [0.4, 0.5) is 0 Å². The van der Waals surface area contributed by atoms with Gasteiger partial charge in [-0.25, -0.2) is 4.57 Å². The molecule has 2 bridgehead atoms. The number of aliphatic hydroxyl groups is 4. The van der Waals surface area contributed by atoms with E-state index in [4.69, 9.17) is 4.89 Å². The Kier molecular flexibility index (Phi) is 2.65. The largest absolute Gasteiger partial charge is 0.473 e. The van der Waals surface area contributed by atoms with Gasteiger partial charge in [-0.05, 0) is 0 Å². The number of rotatable bonds is 0. The van der Waals surface area contributed by atoms with Crippen molar-refractivity contribution in [3.63, 3.8) is 0 Å². The summed E-state index contributed by atoms with van der Waals surface area (Å²) < 4.78 is 20.0. The van der Waals surface area contributed by atoms with E-state index in [2.05, 4.69) is 9.05 Å². The van der Waals surface area contributed by atoms with Crippen molar-refractivity contribution in [1.29, 1.82) is 0 Å². The lowest BCUT2D eigenvalue weighted by Crippen LogP contribution is -2.62. The Hall–Kier alpha value is -0.0500. The first-order valence-corrected chi connectivity index (χ1v) is 5.75. The second kappa shape index (κ2) is 3.47. The fourth-order valence-electron chi connectivity index (χ4n) is 1.76. The van der Waals surface area contributed by atoms with Crippen LogP contribution in [0.5, 0.6) is 0 Å². The average Bonchev–Trinajstić information content (AvgIpc) is 2.29. The molecule has 0 aromatic heterocycles. The molecule has 1 saturated carbocycles. The first kappa shape index (κ1) is 11.4. The molecule has 2 saturated heterocycles. The highest BCUT2D eigenvalue weighted by Gasteiger charge is 2.57. The number of phosphoric acid groups is 1. The van der Waals surface area contributed by atoms with Crippen LogP contribution >= 0.6 is 7.82 Å². The molecule has 0 aromatic carbocycles. The van der Waals surface area contributed by atoms with Gasteiger partial charge in [-0.2, -0.15) is 0 Å². The summed E-state index contributed by atoms with van der Waals surface area (Å²) in [6.07, 6.45) is -9.45. The van der Waals surface area contributed by atoms with Gasteiger partial charge in [0.1, 0.15) is 36.6 Å². The Morgan fingerprint density at radius 3 is 1.33 bits per heavy atom. The summed E-state index contributed by atoms with van der Waals surface area (Å²) in [5, 5.41) is 37.6. The van der Waals surface area contributed by atoms with E-state index in [1.54, 1.807) is 0 Å². The molecule has 9 heteroatoms. The van der Waals surface area contributed by atoms with E-state index in [0.717, 1.165) is 0 Å². The molecule has 0 amide bonds. The lowest BCUT2D eigenvalue weighted by Gasteiger charge is -2.38. The number of aliphatic hydroxyl groups excluding tert-OH is 4. The second-order valence-electron chi connectivity index (χ2n) is 3.57. The fraction of sp³-hybridized carbons (Fsp3) is 1.00. The molecule has 1 aliphatic carbocycles. The number of phosphoric ester groups is 1. The number of hydrogen-bond donors (Lipinski definition) is 5. The highest BCUT2D eigenvalue weighted by Crippen LogP contribution is 2.53. The third-order valence-corrected chi connectivity index (χ3v) is 3.58. The minimum atomic E-state index is -4.47. The molecule has 88 valence electrons. The zero-order valence-corrected chi connectivity index (χ0v) is 8.27. The van der Waals surface area contributed by atoms with Crippen LogP contribution in [-0.2, 0) is 13.6 Å². The van der Waals surface area contributed by atoms with Crippen molar-refractivity contribution < 1.29 is 38.9 Å². The molecule has 2 aliphatic heterocycles. The summed E-state index contributed by atoms with van der Waals surface area (Å²) >= 11 is 0. The maximum Gasteiger partial charge on any atom is 0.473 e. The van der Waals surface area contributed by atoms with Crippen molar-refractivity contribution in [3.05, 3.63) is 0 Å². The standard InChI is InChI=1S/C6H11O8P/c7-1-2(8)6-4(10)3(9)5(1)13-15(11,12)14-6/h1-10H,(H,11,12). The van der Waals surface area contributed by atoms with Crippen LogP contribution in [0.25, 0.3) is 0 Å². The summed E-state index contributed by atoms with van der Waals surface area (Å²) in [5.41, 5.74) is 0. The third-order valence-electron chi connectivity index (χ3n) is 2.56. The van der Waals surface area contributed by atoms with Crippen molar-refractivity contribution >= 4 is 7.82 Å². The fourth-order valence-corrected chi connectivity index (χ4v) is 2.93. The molecule has 0 aromatic rings. The number of hydrogen-bond acceptors (Lipinski definition) is 7. The van der Waals surface area contributed by atoms with E-state index in [1.165, 1.54) is 0 Å². The molecule has 3 rings (SSSR count). The predicted molar refractivity (Wildman–Crippen MR) is 43.6 cm³/mol. The van der Waals surface area contributed by atoms with Crippen LogP contribution in [0, 0.1) is 0 Å². The molecular weight excluding hydrogens is 231 g/mol. The summed E-state index contributed by atoms with van der Waals surface area (Å²) in [6, 6.07) is 0. The maximum atomic E-state index is 11.2. The minimum absolute atomic E-state index is 1.55. The molecular formula is C6H11O8P. The van der Waals surface area contributed by atoms with Crippen LogP contribution in [0.15, 0.2) is 0 Å². The van der Waals surface area contributed by atoms with Gasteiger partial charge in [0.2, 0.25) is 0 Å². The molecule has 4 atom stereocenters. The minimum Gasteiger partial charge on any atom is -0.387 e. The van der Waals surface area contributed by atoms with Crippen molar-refractivity contribution in [3.8, 4) is 0 Å². The maximum absolute atomic E-state index is 11.2. The van der Waals surface area contributed by atoms with Crippen LogP contribution in [0.1, 0.15) is 0 Å². The predicted octanol–water partition coefficient (Wildman–Crippen LogP) is -2.67. The summed E-state index contributed by atoms with van der Waals surface area (Å²) in [4.78, 5) is 9.07. The van der Waals surface area contributed by atoms with Crippen molar-refractivity contribution in [2.75, 3.05) is 0 Å². The zero-order valence-electron chi connectivity index (χ0n) is 7.37. The number of fused-ring (bicyclic) bond motifs is 4. The van der Waals surface area contributed by atoms with Gasteiger partial charge in [0.15, 0.2) is 0 Å². The van der Waals surface area contributed by atoms with Crippen molar-refractivity contribution in [2.45, 2.75) is 36.6 Å². The molecule has 3 fully saturated rings. The molecule has 4 unspecified atom stereocenters. The summed E-state index contributed by atoms with van der Waals surface area (Å²) in [5.74, 6) is 0. The SMILES string of the molecule is O=P1(O)OC2C(O)C(O)C(O1)C(O)C2O. The van der Waals surface area contributed by atoms with Crippen molar-refractivity contribution in [1.82, 2.24) is 0 Å². The van der Waals surface area contributed by atoms with Crippen LogP contribution in [-0.4, -0.2) is 61.9 Å². The molecule has 8 nitrogen and oxygen atoms in total. The van der Waals surface area contributed by atoms with Gasteiger partial charge in [0.25, 0.3) is 0 Å². The topological polar surface area (TPSA) is 137 Å². The van der Waals surface area contributed by atoms with E-state index in [1.807, 2.05) is 0 Å². The van der Waals surface area contributed by atoms with E-state index < -0.39 is 44.4 Å². The van der Waals surface area contributed by atoms with Gasteiger partial charge < -0.3 is 25.3 Å². The quantitative estimate of drug-likeness (QED) is 0.290. The Labute approximate surface area is 84.3 Å². The molecule has 5 N–H and O–H groups in total. The Balaban J connectivity index is 2.39. The van der Waals surface area contributed by atoms with Gasteiger partial charge in [-0.3, -0.25) is 9.05 Å². The van der Waals surface area contributed by atoms with Crippen molar-refractivity contribution in [2.24, 2.45) is 0 Å². The average molecular weight is 242 g/mol. The van der Waals surface area contributed by atoms with Crippen LogP contribution in [0.2, 0.25) is 0 Å². The smallest absolute Gasteiger partial charge is 0.387 e. The Morgan fingerprint density at radius 1 is 0.800 bits per heavy atom. The summed E-state index contributed by atoms with van der Waals surface area (Å²) in [7, 11) is -4.47. The van der Waals surface area contributed by atoms with Crippen LogP contribution < -0.4 is 0 Å². The van der Waals surface area contributed by atoms with Gasteiger partial charge in [-0.15, -0.1) is 0 Å². The summed E-state index contributed by atoms with van der Waals surface area (Å²) in [6.45, 7) is 0. The van der Waals surface area contributed by atoms with Gasteiger partial charge in [0, 0.05) is 0 Å². The van der Waals surface area contributed by atoms with Crippen LogP contribution in [0.3, 0.4) is 0 Å². The highest BCUT2D eigenvalue weighted by atomic mass is 31.2. The molecule has 0 spiro atoms. The highest BCUT2D eigenvalue weighted by molar-refractivity contribution is 7.47. The normalized spacial score (nSPS) is 60.3. The van der Waals surface area contributed by atoms with E-state index in [9.17, 15) is 25.0 Å². The Morgan fingerprint density at radius 2 is 1.07 bits per heavy atom. The molecule has 2 heterocycles. The first-order chi connectivity index (χ1) is 6.83. The monoisotopic (exact) mass is 242 g/mol. The zero-order chi connectivity index (χ0) is 11.4. The lowest BCUT2D eigenvalue weighted by molar-refractivity contribution is -0.189. The molecule has 0 radical (unpaired) electrons. The van der Waals surface area contributed by atoms with E-state index >= 15 is 0 Å². The lowest BCUT2D eigenvalue weighted by atomic mass is 9.85. The van der Waals surface area contributed by atoms with Gasteiger partial charge in [0.05, 0.1) is 0 Å². The van der Waals surface area contributed by atoms with Gasteiger partial charge in [-0.1, -0.05) is 0 Å². The molecule has 15 heavy (non-hydrogen) atoms. The van der Waals surface area contributed by atoms with Gasteiger partial charge >= 0.3 is 7.82 Å². The second-order valence-corrected chi connectivity index (χ2v) is 4.93. The third kappa shape index (κ3) is 1.73. The first-order valence-electron chi connectivity index (χ1n) is 4.25.